The van der Waals surface area contributed by atoms with Crippen molar-refractivity contribution < 1.29 is 14.3 Å². The number of amides is 2. The quantitative estimate of drug-likeness (QED) is 0.882. The molecular formula is C19H24N4O3. The zero-order valence-electron chi connectivity index (χ0n) is 15.4. The van der Waals surface area contributed by atoms with E-state index < -0.39 is 6.09 Å². The van der Waals surface area contributed by atoms with E-state index in [1.807, 2.05) is 45.2 Å². The summed E-state index contributed by atoms with van der Waals surface area (Å²) in [7, 11) is 0. The first-order chi connectivity index (χ1) is 12.4. The highest BCUT2D eigenvalue weighted by Crippen LogP contribution is 2.39. The molecule has 0 radical (unpaired) electrons. The molecule has 2 unspecified atom stereocenters. The molecule has 3 rings (SSSR count). The number of nitrogens with one attached hydrogen (secondary N) is 2. The lowest BCUT2D eigenvalue weighted by Crippen LogP contribution is -2.45. The topological polar surface area (TPSA) is 87.3 Å². The predicted octanol–water partition coefficient (Wildman–Crippen LogP) is 3.40. The van der Waals surface area contributed by atoms with E-state index in [1.54, 1.807) is 18.0 Å². The molecule has 7 nitrogen and oxygen atoms in total. The Hall–Kier alpha value is -2.83. The molecule has 1 aromatic heterocycles. The average Bonchev–Trinajstić information content (AvgIpc) is 3.07. The minimum absolute atomic E-state index is 0.0157. The van der Waals surface area contributed by atoms with E-state index in [0.29, 0.717) is 6.42 Å². The van der Waals surface area contributed by atoms with Gasteiger partial charge in [-0.25, -0.2) is 4.79 Å². The molecule has 1 aliphatic heterocycles. The fourth-order valence-electron chi connectivity index (χ4n) is 3.46. The summed E-state index contributed by atoms with van der Waals surface area (Å²) >= 11 is 0. The molecule has 7 heteroatoms. The molecule has 138 valence electrons. The number of anilines is 1. The van der Waals surface area contributed by atoms with Gasteiger partial charge in [-0.05, 0) is 50.5 Å². The van der Waals surface area contributed by atoms with E-state index in [-0.39, 0.29) is 24.1 Å². The van der Waals surface area contributed by atoms with Crippen LogP contribution < -0.4 is 10.2 Å². The highest BCUT2D eigenvalue weighted by Gasteiger charge is 2.33. The summed E-state index contributed by atoms with van der Waals surface area (Å²) in [5.74, 6) is -0.0157. The van der Waals surface area contributed by atoms with E-state index in [9.17, 15) is 9.59 Å². The van der Waals surface area contributed by atoms with Crippen molar-refractivity contribution in [2.75, 3.05) is 4.90 Å². The Morgan fingerprint density at radius 2 is 2.12 bits per heavy atom. The number of carbonyl (C=O) groups excluding carboxylic acids is 2. The van der Waals surface area contributed by atoms with Crippen molar-refractivity contribution >= 4 is 17.7 Å². The van der Waals surface area contributed by atoms with Crippen LogP contribution in [0.3, 0.4) is 0 Å². The van der Waals surface area contributed by atoms with Crippen molar-refractivity contribution in [3.05, 3.63) is 36.2 Å². The lowest BCUT2D eigenvalue weighted by Gasteiger charge is -2.39. The van der Waals surface area contributed by atoms with Crippen molar-refractivity contribution in [1.82, 2.24) is 15.5 Å². The summed E-state index contributed by atoms with van der Waals surface area (Å²) in [6.07, 6.45) is 3.53. The number of ether oxygens (including phenoxy) is 1. The molecule has 2 amide bonds. The predicted molar refractivity (Wildman–Crippen MR) is 98.8 cm³/mol. The molecule has 2 heterocycles. The zero-order valence-corrected chi connectivity index (χ0v) is 15.4. The Morgan fingerprint density at radius 3 is 2.73 bits per heavy atom. The van der Waals surface area contributed by atoms with Gasteiger partial charge in [-0.2, -0.15) is 5.10 Å². The number of hydrogen-bond acceptors (Lipinski definition) is 4. The fraction of sp³-hybridized carbons (Fsp3) is 0.421. The Balaban J connectivity index is 2.00. The number of H-pyrrole nitrogens is 1. The minimum Gasteiger partial charge on any atom is -0.447 e. The van der Waals surface area contributed by atoms with Crippen LogP contribution in [0.5, 0.6) is 0 Å². The summed E-state index contributed by atoms with van der Waals surface area (Å²) in [5.41, 5.74) is 3.64. The van der Waals surface area contributed by atoms with Gasteiger partial charge in [-0.15, -0.1) is 0 Å². The molecule has 0 bridgehead atoms. The second kappa shape index (κ2) is 7.19. The van der Waals surface area contributed by atoms with Crippen LogP contribution in [0.2, 0.25) is 0 Å². The Labute approximate surface area is 152 Å². The molecular weight excluding hydrogens is 332 g/mol. The smallest absolute Gasteiger partial charge is 0.407 e. The van der Waals surface area contributed by atoms with E-state index in [0.717, 1.165) is 22.4 Å². The maximum absolute atomic E-state index is 12.2. The Kier molecular flexibility index (Phi) is 4.97. The minimum atomic E-state index is -0.451. The molecule has 2 N–H and O–H groups in total. The third-order valence-electron chi connectivity index (χ3n) is 4.49. The Bertz CT molecular complexity index is 801. The van der Waals surface area contributed by atoms with Gasteiger partial charge in [0.1, 0.15) is 0 Å². The molecule has 0 aliphatic carbocycles. The highest BCUT2D eigenvalue weighted by atomic mass is 16.6. The van der Waals surface area contributed by atoms with Gasteiger partial charge in [0, 0.05) is 30.4 Å². The van der Waals surface area contributed by atoms with Crippen LogP contribution in [-0.4, -0.2) is 34.3 Å². The standard InChI is InChI=1S/C19H24N4O3/c1-11(2)26-19(25)22-17-7-12(3)23(13(4)24)18-6-5-14(8-16(17)18)15-9-20-21-10-15/h5-6,8-12,17H,7H2,1-4H3,(H,20,21)(H,22,25). The number of nitrogens with zero attached hydrogens (tertiary/aromatic N) is 2. The van der Waals surface area contributed by atoms with E-state index in [4.69, 9.17) is 4.74 Å². The molecule has 26 heavy (non-hydrogen) atoms. The molecule has 1 aromatic carbocycles. The molecule has 0 saturated carbocycles. The van der Waals surface area contributed by atoms with E-state index in [2.05, 4.69) is 15.5 Å². The van der Waals surface area contributed by atoms with Crippen molar-refractivity contribution in [2.24, 2.45) is 0 Å². The van der Waals surface area contributed by atoms with Gasteiger partial charge in [-0.1, -0.05) is 6.07 Å². The van der Waals surface area contributed by atoms with Crippen LogP contribution in [0.1, 0.15) is 45.7 Å². The first-order valence-corrected chi connectivity index (χ1v) is 8.77. The van der Waals surface area contributed by atoms with Crippen LogP contribution in [0, 0.1) is 0 Å². The fourth-order valence-corrected chi connectivity index (χ4v) is 3.46. The van der Waals surface area contributed by atoms with Gasteiger partial charge in [0.05, 0.1) is 18.3 Å². The average molecular weight is 356 g/mol. The molecule has 1 aliphatic rings. The van der Waals surface area contributed by atoms with Crippen LogP contribution >= 0.6 is 0 Å². The monoisotopic (exact) mass is 356 g/mol. The van der Waals surface area contributed by atoms with Crippen LogP contribution in [0.4, 0.5) is 10.5 Å². The van der Waals surface area contributed by atoms with Gasteiger partial charge in [-0.3, -0.25) is 9.89 Å². The second-order valence-corrected chi connectivity index (χ2v) is 6.89. The van der Waals surface area contributed by atoms with Crippen molar-refractivity contribution in [2.45, 2.75) is 52.3 Å². The van der Waals surface area contributed by atoms with Gasteiger partial charge in [0.25, 0.3) is 0 Å². The van der Waals surface area contributed by atoms with Gasteiger partial charge < -0.3 is 15.0 Å². The number of aromatic nitrogens is 2. The molecule has 0 fully saturated rings. The van der Waals surface area contributed by atoms with Gasteiger partial charge in [0.15, 0.2) is 0 Å². The molecule has 0 saturated heterocycles. The van der Waals surface area contributed by atoms with Crippen molar-refractivity contribution in [3.8, 4) is 11.1 Å². The van der Waals surface area contributed by atoms with Crippen LogP contribution in [-0.2, 0) is 9.53 Å². The largest absolute Gasteiger partial charge is 0.447 e. The molecule has 2 aromatic rings. The maximum atomic E-state index is 12.2. The van der Waals surface area contributed by atoms with E-state index >= 15 is 0 Å². The zero-order chi connectivity index (χ0) is 18.8. The first-order valence-electron chi connectivity index (χ1n) is 8.77. The third kappa shape index (κ3) is 3.56. The number of benzene rings is 1. The molecule has 0 spiro atoms. The van der Waals surface area contributed by atoms with Crippen LogP contribution in [0.25, 0.3) is 11.1 Å². The first kappa shape index (κ1) is 18.0. The number of carbonyl (C=O) groups is 2. The third-order valence-corrected chi connectivity index (χ3v) is 4.49. The molecule has 2 atom stereocenters. The number of fused-ring (bicyclic) bond motifs is 1. The van der Waals surface area contributed by atoms with Crippen LogP contribution in [0.15, 0.2) is 30.6 Å². The highest BCUT2D eigenvalue weighted by molar-refractivity contribution is 5.94. The van der Waals surface area contributed by atoms with Crippen molar-refractivity contribution in [3.63, 3.8) is 0 Å². The second-order valence-electron chi connectivity index (χ2n) is 6.89. The van der Waals surface area contributed by atoms with Gasteiger partial charge >= 0.3 is 6.09 Å². The number of aromatic amines is 1. The SMILES string of the molecule is CC(=O)N1c2ccc(-c3cn[nH]c3)cc2C(NC(=O)OC(C)C)CC1C. The lowest BCUT2D eigenvalue weighted by molar-refractivity contribution is -0.117. The number of alkyl carbamates (subject to hydrolysis) is 1. The maximum Gasteiger partial charge on any atom is 0.407 e. The summed E-state index contributed by atoms with van der Waals surface area (Å²) in [6, 6.07) is 5.64. The summed E-state index contributed by atoms with van der Waals surface area (Å²) in [6.45, 7) is 7.17. The summed E-state index contributed by atoms with van der Waals surface area (Å²) in [4.78, 5) is 26.1. The number of hydrogen-bond donors (Lipinski definition) is 2. The Morgan fingerprint density at radius 1 is 1.35 bits per heavy atom. The van der Waals surface area contributed by atoms with Crippen molar-refractivity contribution in [1.29, 1.82) is 0 Å². The number of rotatable bonds is 3. The normalized spacial score (nSPS) is 19.2. The van der Waals surface area contributed by atoms with Gasteiger partial charge in [0.2, 0.25) is 5.91 Å². The summed E-state index contributed by atoms with van der Waals surface area (Å²) < 4.78 is 5.23. The lowest BCUT2D eigenvalue weighted by atomic mass is 9.89. The van der Waals surface area contributed by atoms with E-state index in [1.165, 1.54) is 0 Å². The summed E-state index contributed by atoms with van der Waals surface area (Å²) in [5, 5.41) is 9.74.